The molecule has 0 amide bonds. The van der Waals surface area contributed by atoms with Gasteiger partial charge in [-0.05, 0) is 25.0 Å². The van der Waals surface area contributed by atoms with E-state index in [1.54, 1.807) is 0 Å². The first-order valence-electron chi connectivity index (χ1n) is 7.43. The topological polar surface area (TPSA) is 56.4 Å². The van der Waals surface area contributed by atoms with Crippen molar-refractivity contribution >= 4 is 38.4 Å². The molecule has 2 heterocycles. The molecule has 1 aliphatic carbocycles. The van der Waals surface area contributed by atoms with Crippen LogP contribution in [0.2, 0.25) is 5.02 Å². The summed E-state index contributed by atoms with van der Waals surface area (Å²) in [5, 5.41) is 8.69. The Bertz CT molecular complexity index is 689. The van der Waals surface area contributed by atoms with Crippen molar-refractivity contribution in [3.05, 3.63) is 21.6 Å². The minimum atomic E-state index is -0.365. The first kappa shape index (κ1) is 14.8. The highest BCUT2D eigenvalue weighted by atomic mass is 79.9. The van der Waals surface area contributed by atoms with Gasteiger partial charge in [-0.3, -0.25) is 5.10 Å². The third-order valence-corrected chi connectivity index (χ3v) is 5.09. The van der Waals surface area contributed by atoms with Crippen molar-refractivity contribution in [2.24, 2.45) is 0 Å². The van der Waals surface area contributed by atoms with Gasteiger partial charge in [0, 0.05) is 17.3 Å². The lowest BCUT2D eigenvalue weighted by atomic mass is 9.92. The van der Waals surface area contributed by atoms with Crippen LogP contribution in [0.15, 0.2) is 16.6 Å². The number of aromatic nitrogens is 2. The van der Waals surface area contributed by atoms with Crippen LogP contribution in [0.25, 0.3) is 10.9 Å². The molecule has 4 rings (SSSR count). The highest BCUT2D eigenvalue weighted by Crippen LogP contribution is 2.39. The standard InChI is InChI=1S/C15H16BrClN2O3/c16-9-7-11(17)13-12(8-9)18-19-14(13)22-10-1-3-15(4-2-10)20-5-6-21-15/h7-8,10H,1-6H2,(H,18,19). The molecule has 0 atom stereocenters. The first-order valence-corrected chi connectivity index (χ1v) is 8.60. The van der Waals surface area contributed by atoms with E-state index in [1.165, 1.54) is 0 Å². The maximum Gasteiger partial charge on any atom is 0.242 e. The molecule has 1 aliphatic heterocycles. The van der Waals surface area contributed by atoms with Crippen LogP contribution in [0.5, 0.6) is 5.88 Å². The summed E-state index contributed by atoms with van der Waals surface area (Å²) in [4.78, 5) is 0. The number of hydrogen-bond donors (Lipinski definition) is 1. The minimum Gasteiger partial charge on any atom is -0.473 e. The predicted octanol–water partition coefficient (Wildman–Crippen LogP) is 4.04. The lowest BCUT2D eigenvalue weighted by Crippen LogP contribution is -2.38. The van der Waals surface area contributed by atoms with Crippen LogP contribution < -0.4 is 4.74 Å². The number of halogens is 2. The molecule has 2 fully saturated rings. The Hall–Kier alpha value is -0.820. The van der Waals surface area contributed by atoms with E-state index in [-0.39, 0.29) is 11.9 Å². The predicted molar refractivity (Wildman–Crippen MR) is 86.3 cm³/mol. The number of nitrogens with zero attached hydrogens (tertiary/aromatic N) is 1. The summed E-state index contributed by atoms with van der Waals surface area (Å²) in [6.45, 7) is 1.39. The zero-order valence-electron chi connectivity index (χ0n) is 11.9. The maximum absolute atomic E-state index is 6.31. The zero-order valence-corrected chi connectivity index (χ0v) is 14.2. The molecule has 118 valence electrons. The summed E-state index contributed by atoms with van der Waals surface area (Å²) >= 11 is 9.74. The van der Waals surface area contributed by atoms with Gasteiger partial charge in [-0.2, -0.15) is 0 Å². The lowest BCUT2D eigenvalue weighted by Gasteiger charge is -2.35. The number of H-pyrrole nitrogens is 1. The second kappa shape index (κ2) is 5.67. The van der Waals surface area contributed by atoms with Gasteiger partial charge in [0.1, 0.15) is 6.10 Å². The smallest absolute Gasteiger partial charge is 0.242 e. The van der Waals surface area contributed by atoms with Crippen LogP contribution in [0.3, 0.4) is 0 Å². The molecule has 0 radical (unpaired) electrons. The molecule has 7 heteroatoms. The Kier molecular flexibility index (Phi) is 3.80. The molecule has 1 spiro atoms. The molecule has 2 aliphatic rings. The highest BCUT2D eigenvalue weighted by Gasteiger charge is 2.41. The van der Waals surface area contributed by atoms with E-state index in [0.717, 1.165) is 41.1 Å². The average molecular weight is 388 g/mol. The normalized spacial score (nSPS) is 21.7. The van der Waals surface area contributed by atoms with Gasteiger partial charge in [0.25, 0.3) is 0 Å². The summed E-state index contributed by atoms with van der Waals surface area (Å²) in [6, 6.07) is 3.79. The number of nitrogens with one attached hydrogen (secondary N) is 1. The lowest BCUT2D eigenvalue weighted by molar-refractivity contribution is -0.186. The van der Waals surface area contributed by atoms with Crippen molar-refractivity contribution in [2.75, 3.05) is 13.2 Å². The summed E-state index contributed by atoms with van der Waals surface area (Å²) < 4.78 is 18.5. The average Bonchev–Trinajstić information content (AvgIpc) is 3.09. The van der Waals surface area contributed by atoms with Gasteiger partial charge in [-0.1, -0.05) is 27.5 Å². The third-order valence-electron chi connectivity index (χ3n) is 4.33. The van der Waals surface area contributed by atoms with Gasteiger partial charge in [-0.15, -0.1) is 5.10 Å². The summed E-state index contributed by atoms with van der Waals surface area (Å²) in [5.74, 6) is 0.206. The zero-order chi connectivity index (χ0) is 15.2. The van der Waals surface area contributed by atoms with Gasteiger partial charge in [0.15, 0.2) is 5.79 Å². The molecule has 1 saturated carbocycles. The highest BCUT2D eigenvalue weighted by molar-refractivity contribution is 9.10. The molecule has 5 nitrogen and oxygen atoms in total. The molecule has 2 aromatic rings. The Morgan fingerprint density at radius 2 is 2.00 bits per heavy atom. The number of hydrogen-bond acceptors (Lipinski definition) is 4. The van der Waals surface area contributed by atoms with Crippen LogP contribution >= 0.6 is 27.5 Å². The maximum atomic E-state index is 6.31. The molecule has 22 heavy (non-hydrogen) atoms. The summed E-state index contributed by atoms with van der Waals surface area (Å²) in [5.41, 5.74) is 0.865. The fraction of sp³-hybridized carbons (Fsp3) is 0.533. The number of ether oxygens (including phenoxy) is 3. The van der Waals surface area contributed by atoms with E-state index in [4.69, 9.17) is 25.8 Å². The van der Waals surface area contributed by atoms with Crippen molar-refractivity contribution in [2.45, 2.75) is 37.6 Å². The van der Waals surface area contributed by atoms with E-state index < -0.39 is 0 Å². The van der Waals surface area contributed by atoms with Crippen molar-refractivity contribution in [1.29, 1.82) is 0 Å². The van der Waals surface area contributed by atoms with Gasteiger partial charge < -0.3 is 14.2 Å². The Labute approximate surface area is 141 Å². The number of rotatable bonds is 2. The van der Waals surface area contributed by atoms with Crippen LogP contribution in [-0.4, -0.2) is 35.3 Å². The van der Waals surface area contributed by atoms with Crippen molar-refractivity contribution < 1.29 is 14.2 Å². The second-order valence-electron chi connectivity index (χ2n) is 5.76. The van der Waals surface area contributed by atoms with E-state index >= 15 is 0 Å². The van der Waals surface area contributed by atoms with Gasteiger partial charge in [0.05, 0.1) is 29.1 Å². The monoisotopic (exact) mass is 386 g/mol. The van der Waals surface area contributed by atoms with Gasteiger partial charge in [0.2, 0.25) is 5.88 Å². The third kappa shape index (κ3) is 2.62. The Balaban J connectivity index is 1.50. The van der Waals surface area contributed by atoms with Crippen molar-refractivity contribution in [1.82, 2.24) is 10.2 Å². The molecule has 1 aromatic heterocycles. The van der Waals surface area contributed by atoms with Crippen LogP contribution in [-0.2, 0) is 9.47 Å². The van der Waals surface area contributed by atoms with E-state index in [2.05, 4.69) is 26.1 Å². The molecule has 1 N–H and O–H groups in total. The van der Waals surface area contributed by atoms with E-state index in [0.29, 0.717) is 24.1 Å². The molecular formula is C15H16BrClN2O3. The Morgan fingerprint density at radius 3 is 2.73 bits per heavy atom. The molecular weight excluding hydrogens is 372 g/mol. The van der Waals surface area contributed by atoms with Crippen molar-refractivity contribution in [3.63, 3.8) is 0 Å². The quantitative estimate of drug-likeness (QED) is 0.845. The number of aromatic amines is 1. The minimum absolute atomic E-state index is 0.115. The van der Waals surface area contributed by atoms with Gasteiger partial charge in [-0.25, -0.2) is 0 Å². The molecule has 1 aromatic carbocycles. The Morgan fingerprint density at radius 1 is 1.27 bits per heavy atom. The second-order valence-corrected chi connectivity index (χ2v) is 7.09. The fourth-order valence-electron chi connectivity index (χ4n) is 3.22. The summed E-state index contributed by atoms with van der Waals surface area (Å²) in [7, 11) is 0. The SMILES string of the molecule is Clc1cc(Br)cc2[nH]nc(OC3CCC4(CC3)OCCO4)c12. The summed E-state index contributed by atoms with van der Waals surface area (Å²) in [6.07, 6.45) is 3.62. The van der Waals surface area contributed by atoms with Crippen LogP contribution in [0.1, 0.15) is 25.7 Å². The fourth-order valence-corrected chi connectivity index (χ4v) is 4.11. The molecule has 0 bridgehead atoms. The largest absolute Gasteiger partial charge is 0.473 e. The molecule has 1 saturated heterocycles. The van der Waals surface area contributed by atoms with Crippen LogP contribution in [0.4, 0.5) is 0 Å². The van der Waals surface area contributed by atoms with Gasteiger partial charge >= 0.3 is 0 Å². The number of benzene rings is 1. The van der Waals surface area contributed by atoms with E-state index in [9.17, 15) is 0 Å². The van der Waals surface area contributed by atoms with Crippen LogP contribution in [0, 0.1) is 0 Å². The molecule has 0 unspecified atom stereocenters. The number of fused-ring (bicyclic) bond motifs is 1. The first-order chi connectivity index (χ1) is 10.7. The van der Waals surface area contributed by atoms with Crippen molar-refractivity contribution in [3.8, 4) is 5.88 Å². The van der Waals surface area contributed by atoms with E-state index in [1.807, 2.05) is 12.1 Å².